The zero-order chi connectivity index (χ0) is 20.5. The second kappa shape index (κ2) is 8.83. The van der Waals surface area contributed by atoms with E-state index in [1.165, 1.54) is 0 Å². The highest BCUT2D eigenvalue weighted by atomic mass is 127. The van der Waals surface area contributed by atoms with Crippen LogP contribution in [0.25, 0.3) is 10.9 Å². The summed E-state index contributed by atoms with van der Waals surface area (Å²) in [4.78, 5) is 4.00. The first-order valence-corrected chi connectivity index (χ1v) is 11.2. The van der Waals surface area contributed by atoms with Gasteiger partial charge < -0.3 is 14.2 Å². The maximum absolute atomic E-state index is 6.29. The summed E-state index contributed by atoms with van der Waals surface area (Å²) >= 11 is 14.8. The molecule has 0 saturated carbocycles. The van der Waals surface area contributed by atoms with E-state index in [-0.39, 0.29) is 6.23 Å². The lowest BCUT2D eigenvalue weighted by Gasteiger charge is -2.24. The minimum Gasteiger partial charge on any atom is -0.493 e. The van der Waals surface area contributed by atoms with Gasteiger partial charge in [-0.3, -0.25) is 4.98 Å². The highest BCUT2D eigenvalue weighted by Crippen LogP contribution is 2.40. The van der Waals surface area contributed by atoms with Gasteiger partial charge in [-0.15, -0.1) is 0 Å². The number of rotatable bonds is 5. The zero-order valence-electron chi connectivity index (χ0n) is 16.0. The van der Waals surface area contributed by atoms with E-state index in [0.717, 1.165) is 40.5 Å². The summed E-state index contributed by atoms with van der Waals surface area (Å²) in [6.07, 6.45) is 5.83. The molecule has 1 fully saturated rings. The van der Waals surface area contributed by atoms with Crippen molar-refractivity contribution in [2.45, 2.75) is 38.5 Å². The Bertz CT molecular complexity index is 1020. The van der Waals surface area contributed by atoms with E-state index in [9.17, 15) is 0 Å². The minimum atomic E-state index is -0.390. The largest absolute Gasteiger partial charge is 0.493 e. The Morgan fingerprint density at radius 3 is 2.62 bits per heavy atom. The Labute approximate surface area is 192 Å². The average molecular weight is 548 g/mol. The summed E-state index contributed by atoms with van der Waals surface area (Å²) in [5.41, 5.74) is 1.64. The SMILES string of the molecule is COc1cc2c(cc1OC(C)c1c(Cl)cncc1Cl)c(I)nn2C1CCCCO1. The summed E-state index contributed by atoms with van der Waals surface area (Å²) in [5, 5.41) is 6.61. The number of benzene rings is 1. The van der Waals surface area contributed by atoms with Crippen LogP contribution in [0.5, 0.6) is 11.5 Å². The quantitative estimate of drug-likeness (QED) is 0.356. The van der Waals surface area contributed by atoms with Crippen molar-refractivity contribution < 1.29 is 14.2 Å². The number of nitrogens with zero attached hydrogens (tertiary/aromatic N) is 3. The summed E-state index contributed by atoms with van der Waals surface area (Å²) in [6, 6.07) is 3.89. The molecule has 2 atom stereocenters. The molecule has 154 valence electrons. The molecule has 0 spiro atoms. The van der Waals surface area contributed by atoms with Gasteiger partial charge in [0.15, 0.2) is 17.7 Å². The standard InChI is InChI=1S/C20H20Cl2IN3O3/c1-11(19-13(21)9-24-10-14(19)22)29-17-7-12-15(8-16(17)27-2)26(25-20(12)23)18-5-3-4-6-28-18/h7-11,18H,3-6H2,1-2H3. The van der Waals surface area contributed by atoms with Crippen LogP contribution in [0.1, 0.15) is 44.1 Å². The van der Waals surface area contributed by atoms with Gasteiger partial charge in [0.1, 0.15) is 9.80 Å². The molecule has 1 saturated heterocycles. The average Bonchev–Trinajstić information content (AvgIpc) is 3.03. The van der Waals surface area contributed by atoms with Crippen LogP contribution >= 0.6 is 45.8 Å². The highest BCUT2D eigenvalue weighted by Gasteiger charge is 2.24. The van der Waals surface area contributed by atoms with Crippen LogP contribution in [0.2, 0.25) is 10.0 Å². The summed E-state index contributed by atoms with van der Waals surface area (Å²) < 4.78 is 20.6. The molecule has 4 rings (SSSR count). The molecule has 0 radical (unpaired) electrons. The fraction of sp³-hybridized carbons (Fsp3) is 0.400. The van der Waals surface area contributed by atoms with E-state index in [1.54, 1.807) is 19.5 Å². The van der Waals surface area contributed by atoms with E-state index in [4.69, 9.17) is 42.5 Å². The van der Waals surface area contributed by atoms with Crippen LogP contribution in [-0.4, -0.2) is 28.5 Å². The van der Waals surface area contributed by atoms with Crippen molar-refractivity contribution in [2.24, 2.45) is 0 Å². The van der Waals surface area contributed by atoms with Gasteiger partial charge in [-0.1, -0.05) is 23.2 Å². The molecule has 3 aromatic rings. The van der Waals surface area contributed by atoms with Gasteiger partial charge in [0.05, 0.1) is 22.7 Å². The summed E-state index contributed by atoms with van der Waals surface area (Å²) in [5.74, 6) is 1.21. The fourth-order valence-corrected chi connectivity index (χ4v) is 4.89. The first kappa shape index (κ1) is 21.0. The maximum atomic E-state index is 6.29. The first-order chi connectivity index (χ1) is 14.0. The number of hydrogen-bond donors (Lipinski definition) is 0. The number of pyridine rings is 1. The topological polar surface area (TPSA) is 58.4 Å². The third-order valence-corrected chi connectivity index (χ3v) is 6.37. The molecule has 0 bridgehead atoms. The molecule has 0 amide bonds. The third kappa shape index (κ3) is 4.15. The van der Waals surface area contributed by atoms with Crippen molar-refractivity contribution >= 4 is 56.7 Å². The molecule has 3 heterocycles. The molecular weight excluding hydrogens is 528 g/mol. The molecule has 1 aliphatic heterocycles. The predicted molar refractivity (Wildman–Crippen MR) is 121 cm³/mol. The van der Waals surface area contributed by atoms with Crippen molar-refractivity contribution in [2.75, 3.05) is 13.7 Å². The van der Waals surface area contributed by atoms with E-state index >= 15 is 0 Å². The Hall–Kier alpha value is -1.29. The zero-order valence-corrected chi connectivity index (χ0v) is 19.7. The lowest BCUT2D eigenvalue weighted by Crippen LogP contribution is -2.19. The summed E-state index contributed by atoms with van der Waals surface area (Å²) in [6.45, 7) is 2.65. The maximum Gasteiger partial charge on any atom is 0.162 e. The molecule has 9 heteroatoms. The number of halogens is 3. The number of methoxy groups -OCH3 is 1. The van der Waals surface area contributed by atoms with Gasteiger partial charge in [-0.05, 0) is 54.8 Å². The Morgan fingerprint density at radius 2 is 1.97 bits per heavy atom. The molecule has 29 heavy (non-hydrogen) atoms. The van der Waals surface area contributed by atoms with Crippen molar-refractivity contribution in [3.8, 4) is 11.5 Å². The number of aromatic nitrogens is 3. The second-order valence-corrected chi connectivity index (χ2v) is 8.69. The van der Waals surface area contributed by atoms with Crippen LogP contribution in [0.4, 0.5) is 0 Å². The van der Waals surface area contributed by atoms with Crippen molar-refractivity contribution in [1.29, 1.82) is 0 Å². The van der Waals surface area contributed by atoms with Crippen molar-refractivity contribution in [1.82, 2.24) is 14.8 Å². The Kier molecular flexibility index (Phi) is 6.38. The van der Waals surface area contributed by atoms with Crippen LogP contribution in [0.15, 0.2) is 24.5 Å². The molecule has 0 N–H and O–H groups in total. The highest BCUT2D eigenvalue weighted by molar-refractivity contribution is 14.1. The van der Waals surface area contributed by atoms with E-state index in [0.29, 0.717) is 27.1 Å². The Balaban J connectivity index is 1.72. The third-order valence-electron chi connectivity index (χ3n) is 4.98. The lowest BCUT2D eigenvalue weighted by molar-refractivity contribution is -0.0368. The number of hydrogen-bond acceptors (Lipinski definition) is 5. The van der Waals surface area contributed by atoms with Gasteiger partial charge in [0.25, 0.3) is 0 Å². The summed E-state index contributed by atoms with van der Waals surface area (Å²) in [7, 11) is 1.62. The van der Waals surface area contributed by atoms with Gasteiger partial charge >= 0.3 is 0 Å². The first-order valence-electron chi connectivity index (χ1n) is 9.32. The minimum absolute atomic E-state index is 0.0559. The fourth-order valence-electron chi connectivity index (χ4n) is 3.55. The van der Waals surface area contributed by atoms with E-state index in [1.807, 2.05) is 23.7 Å². The van der Waals surface area contributed by atoms with E-state index < -0.39 is 6.10 Å². The van der Waals surface area contributed by atoms with Gasteiger partial charge in [-0.25, -0.2) is 4.68 Å². The normalized spacial score (nSPS) is 18.0. The molecule has 2 aromatic heterocycles. The molecule has 2 unspecified atom stereocenters. The van der Waals surface area contributed by atoms with Crippen molar-refractivity contribution in [3.63, 3.8) is 0 Å². The van der Waals surface area contributed by atoms with Gasteiger partial charge in [0, 0.05) is 36.0 Å². The van der Waals surface area contributed by atoms with Crippen LogP contribution in [0, 0.1) is 3.70 Å². The molecule has 0 aliphatic carbocycles. The molecule has 1 aliphatic rings. The van der Waals surface area contributed by atoms with Crippen LogP contribution in [-0.2, 0) is 4.74 Å². The van der Waals surface area contributed by atoms with Crippen molar-refractivity contribution in [3.05, 3.63) is 43.8 Å². The molecule has 1 aromatic carbocycles. The smallest absolute Gasteiger partial charge is 0.162 e. The van der Waals surface area contributed by atoms with Crippen LogP contribution < -0.4 is 9.47 Å². The molecule has 6 nitrogen and oxygen atoms in total. The second-order valence-electron chi connectivity index (χ2n) is 6.85. The van der Waals surface area contributed by atoms with Gasteiger partial charge in [0.2, 0.25) is 0 Å². The van der Waals surface area contributed by atoms with E-state index in [2.05, 4.69) is 27.6 Å². The van der Waals surface area contributed by atoms with Crippen LogP contribution in [0.3, 0.4) is 0 Å². The monoisotopic (exact) mass is 547 g/mol. The number of ether oxygens (including phenoxy) is 3. The molecular formula is C20H20Cl2IN3O3. The van der Waals surface area contributed by atoms with Gasteiger partial charge in [-0.2, -0.15) is 5.10 Å². The predicted octanol–water partition coefficient (Wildman–Crippen LogP) is 6.19. The lowest BCUT2D eigenvalue weighted by atomic mass is 10.1. The number of fused-ring (bicyclic) bond motifs is 1. The Morgan fingerprint density at radius 1 is 1.21 bits per heavy atom.